The molecule has 0 atom stereocenters. The lowest BCUT2D eigenvalue weighted by Gasteiger charge is -2.01. The second-order valence-corrected chi connectivity index (χ2v) is 3.76. The third-order valence-corrected chi connectivity index (χ3v) is 2.55. The topological polar surface area (TPSA) is 66.0 Å². The van der Waals surface area contributed by atoms with Gasteiger partial charge in [0.2, 0.25) is 0 Å². The summed E-state index contributed by atoms with van der Waals surface area (Å²) in [6, 6.07) is 7.29. The van der Waals surface area contributed by atoms with Crippen molar-refractivity contribution in [2.24, 2.45) is 0 Å². The van der Waals surface area contributed by atoms with E-state index in [1.54, 1.807) is 12.3 Å². The van der Waals surface area contributed by atoms with Crippen LogP contribution >= 0.6 is 11.6 Å². The first-order valence-electron chi connectivity index (χ1n) is 4.88. The number of benzene rings is 1. The molecule has 0 aliphatic carbocycles. The molecule has 5 heteroatoms. The number of carboxylic acids is 1. The van der Waals surface area contributed by atoms with Crippen molar-refractivity contribution in [1.82, 2.24) is 10.2 Å². The van der Waals surface area contributed by atoms with E-state index in [0.29, 0.717) is 16.3 Å². The van der Waals surface area contributed by atoms with Crippen LogP contribution in [0.15, 0.2) is 36.5 Å². The van der Waals surface area contributed by atoms with Gasteiger partial charge in [-0.1, -0.05) is 29.8 Å². The highest BCUT2D eigenvalue weighted by Gasteiger charge is 2.08. The molecule has 0 radical (unpaired) electrons. The van der Waals surface area contributed by atoms with Crippen molar-refractivity contribution in [1.29, 1.82) is 0 Å². The zero-order valence-electron chi connectivity index (χ0n) is 8.72. The molecule has 86 valence electrons. The Morgan fingerprint density at radius 1 is 1.41 bits per heavy atom. The minimum atomic E-state index is -1.00. The quantitative estimate of drug-likeness (QED) is 0.821. The minimum Gasteiger partial charge on any atom is -0.478 e. The Hall–Kier alpha value is -2.07. The molecular formula is C12H9ClN2O2. The van der Waals surface area contributed by atoms with Crippen LogP contribution in [0.25, 0.3) is 17.3 Å². The molecule has 0 spiro atoms. The highest BCUT2D eigenvalue weighted by atomic mass is 35.5. The lowest BCUT2D eigenvalue weighted by Crippen LogP contribution is -1.86. The first-order valence-corrected chi connectivity index (χ1v) is 5.25. The van der Waals surface area contributed by atoms with Crippen molar-refractivity contribution in [2.75, 3.05) is 0 Å². The van der Waals surface area contributed by atoms with Gasteiger partial charge in [0.05, 0.1) is 11.9 Å². The number of H-pyrrole nitrogens is 1. The third kappa shape index (κ3) is 2.54. The summed E-state index contributed by atoms with van der Waals surface area (Å²) in [5, 5.41) is 15.9. The zero-order chi connectivity index (χ0) is 12.3. The lowest BCUT2D eigenvalue weighted by atomic mass is 10.1. The van der Waals surface area contributed by atoms with Crippen molar-refractivity contribution in [3.63, 3.8) is 0 Å². The molecule has 1 aromatic heterocycles. The molecule has 0 saturated carbocycles. The molecule has 1 aromatic carbocycles. The Kier molecular flexibility index (Phi) is 3.25. The maximum Gasteiger partial charge on any atom is 0.328 e. The zero-order valence-corrected chi connectivity index (χ0v) is 9.48. The number of aliphatic carboxylic acids is 1. The van der Waals surface area contributed by atoms with Crippen LogP contribution in [0.2, 0.25) is 5.02 Å². The van der Waals surface area contributed by atoms with E-state index in [4.69, 9.17) is 16.7 Å². The van der Waals surface area contributed by atoms with Gasteiger partial charge in [-0.15, -0.1) is 0 Å². The molecule has 17 heavy (non-hydrogen) atoms. The molecule has 0 aliphatic heterocycles. The van der Waals surface area contributed by atoms with E-state index in [2.05, 4.69) is 10.2 Å². The van der Waals surface area contributed by atoms with Crippen LogP contribution in [0.1, 0.15) is 5.56 Å². The van der Waals surface area contributed by atoms with Gasteiger partial charge in [0.15, 0.2) is 0 Å². The summed E-state index contributed by atoms with van der Waals surface area (Å²) in [6.45, 7) is 0. The number of aromatic nitrogens is 2. The number of nitrogens with one attached hydrogen (secondary N) is 1. The SMILES string of the molecule is O=C(O)/C=C/c1cn[nH]c1-c1ccccc1Cl. The highest BCUT2D eigenvalue weighted by molar-refractivity contribution is 6.33. The molecule has 2 N–H and O–H groups in total. The maximum absolute atomic E-state index is 10.5. The Morgan fingerprint density at radius 3 is 2.88 bits per heavy atom. The Morgan fingerprint density at radius 2 is 2.18 bits per heavy atom. The fourth-order valence-electron chi connectivity index (χ4n) is 1.46. The molecule has 0 amide bonds. The van der Waals surface area contributed by atoms with Gasteiger partial charge in [-0.2, -0.15) is 5.10 Å². The summed E-state index contributed by atoms with van der Waals surface area (Å²) in [4.78, 5) is 10.5. The molecule has 0 unspecified atom stereocenters. The normalized spacial score (nSPS) is 10.9. The number of aromatic amines is 1. The number of nitrogens with zero attached hydrogens (tertiary/aromatic N) is 1. The van der Waals surface area contributed by atoms with E-state index < -0.39 is 5.97 Å². The number of hydrogen-bond acceptors (Lipinski definition) is 2. The molecular weight excluding hydrogens is 240 g/mol. The summed E-state index contributed by atoms with van der Waals surface area (Å²) in [6.07, 6.45) is 4.09. The van der Waals surface area contributed by atoms with Gasteiger partial charge >= 0.3 is 5.97 Å². The summed E-state index contributed by atoms with van der Waals surface area (Å²) in [7, 11) is 0. The van der Waals surface area contributed by atoms with Gasteiger partial charge in [0, 0.05) is 22.2 Å². The maximum atomic E-state index is 10.5. The molecule has 1 heterocycles. The number of carboxylic acid groups (broad SMARTS) is 1. The second kappa shape index (κ2) is 4.84. The fourth-order valence-corrected chi connectivity index (χ4v) is 1.69. The van der Waals surface area contributed by atoms with E-state index in [0.717, 1.165) is 11.6 Å². The van der Waals surface area contributed by atoms with Crippen LogP contribution < -0.4 is 0 Å². The van der Waals surface area contributed by atoms with E-state index in [1.165, 1.54) is 6.08 Å². The first kappa shape index (κ1) is 11.4. The Bertz CT molecular complexity index is 575. The molecule has 4 nitrogen and oxygen atoms in total. The average molecular weight is 249 g/mol. The predicted octanol–water partition coefficient (Wildman–Crippen LogP) is 2.83. The van der Waals surface area contributed by atoms with E-state index in [1.807, 2.05) is 18.2 Å². The number of hydrogen-bond donors (Lipinski definition) is 2. The highest BCUT2D eigenvalue weighted by Crippen LogP contribution is 2.28. The Balaban J connectivity index is 2.44. The van der Waals surface area contributed by atoms with Gasteiger partial charge in [-0.3, -0.25) is 5.10 Å². The summed E-state index contributed by atoms with van der Waals surface area (Å²) >= 11 is 6.06. The smallest absolute Gasteiger partial charge is 0.328 e. The molecule has 0 aliphatic rings. The second-order valence-electron chi connectivity index (χ2n) is 3.35. The summed E-state index contributed by atoms with van der Waals surface area (Å²) in [5.74, 6) is -1.00. The molecule has 0 bridgehead atoms. The van der Waals surface area contributed by atoms with Gasteiger partial charge < -0.3 is 5.11 Å². The largest absolute Gasteiger partial charge is 0.478 e. The van der Waals surface area contributed by atoms with E-state index in [9.17, 15) is 4.79 Å². The monoisotopic (exact) mass is 248 g/mol. The van der Waals surface area contributed by atoms with E-state index in [-0.39, 0.29) is 0 Å². The molecule has 0 saturated heterocycles. The predicted molar refractivity (Wildman–Crippen MR) is 65.7 cm³/mol. The lowest BCUT2D eigenvalue weighted by molar-refractivity contribution is -0.131. The van der Waals surface area contributed by atoms with Gasteiger partial charge in [-0.25, -0.2) is 4.79 Å². The first-order chi connectivity index (χ1) is 8.18. The van der Waals surface area contributed by atoms with Crippen LogP contribution in [0.4, 0.5) is 0 Å². The van der Waals surface area contributed by atoms with Gasteiger partial charge in [0.1, 0.15) is 0 Å². The van der Waals surface area contributed by atoms with Crippen LogP contribution in [0.3, 0.4) is 0 Å². The van der Waals surface area contributed by atoms with Crippen LogP contribution in [0.5, 0.6) is 0 Å². The minimum absolute atomic E-state index is 0.585. The van der Waals surface area contributed by atoms with Gasteiger partial charge in [-0.05, 0) is 12.1 Å². The summed E-state index contributed by atoms with van der Waals surface area (Å²) < 4.78 is 0. The number of carbonyl (C=O) groups is 1. The summed E-state index contributed by atoms with van der Waals surface area (Å²) in [5.41, 5.74) is 2.17. The van der Waals surface area contributed by atoms with Crippen molar-refractivity contribution >= 4 is 23.6 Å². The molecule has 0 fully saturated rings. The van der Waals surface area contributed by atoms with Crippen molar-refractivity contribution in [2.45, 2.75) is 0 Å². The van der Waals surface area contributed by atoms with Crippen molar-refractivity contribution in [3.05, 3.63) is 47.1 Å². The van der Waals surface area contributed by atoms with E-state index >= 15 is 0 Å². The van der Waals surface area contributed by atoms with Crippen LogP contribution in [-0.2, 0) is 4.79 Å². The van der Waals surface area contributed by atoms with Crippen molar-refractivity contribution in [3.8, 4) is 11.3 Å². The number of rotatable bonds is 3. The Labute approximate surface area is 103 Å². The van der Waals surface area contributed by atoms with Crippen LogP contribution in [-0.4, -0.2) is 21.3 Å². The molecule has 2 rings (SSSR count). The average Bonchev–Trinajstić information content (AvgIpc) is 2.75. The fraction of sp³-hybridized carbons (Fsp3) is 0. The van der Waals surface area contributed by atoms with Gasteiger partial charge in [0.25, 0.3) is 0 Å². The third-order valence-electron chi connectivity index (χ3n) is 2.22. The standard InChI is InChI=1S/C12H9ClN2O2/c13-10-4-2-1-3-9(10)12-8(7-14-15-12)5-6-11(16)17/h1-7H,(H,14,15)(H,16,17)/b6-5+. The van der Waals surface area contributed by atoms with Crippen LogP contribution in [0, 0.1) is 0 Å². The molecule has 2 aromatic rings. The van der Waals surface area contributed by atoms with Crippen molar-refractivity contribution < 1.29 is 9.90 Å². The number of halogens is 1.